The number of halogens is 3. The van der Waals surface area contributed by atoms with Crippen molar-refractivity contribution in [1.29, 1.82) is 0 Å². The number of rotatable bonds is 6. The summed E-state index contributed by atoms with van der Waals surface area (Å²) in [6, 6.07) is 2.90. The highest BCUT2D eigenvalue weighted by atomic mass is 35.5. The van der Waals surface area contributed by atoms with Gasteiger partial charge in [-0.25, -0.2) is 4.39 Å². The molecule has 1 N–H and O–H groups in total. The second-order valence-corrected chi connectivity index (χ2v) is 4.98. The molecule has 0 unspecified atom stereocenters. The molecule has 0 atom stereocenters. The molecular formula is C13H18Cl2FN. The lowest BCUT2D eigenvalue weighted by Crippen LogP contribution is -2.19. The molecule has 0 amide bonds. The van der Waals surface area contributed by atoms with Crippen LogP contribution in [0.4, 0.5) is 10.1 Å². The molecule has 0 aliphatic carbocycles. The number of nitrogens with one attached hydrogen (secondary N) is 1. The van der Waals surface area contributed by atoms with Gasteiger partial charge in [0.15, 0.2) is 0 Å². The normalized spacial score (nSPS) is 10.9. The molecule has 1 aromatic rings. The minimum atomic E-state index is -0.409. The first-order chi connectivity index (χ1) is 8.08. The van der Waals surface area contributed by atoms with Crippen molar-refractivity contribution in [2.75, 3.05) is 5.32 Å². The summed E-state index contributed by atoms with van der Waals surface area (Å²) in [6.45, 7) is 4.27. The van der Waals surface area contributed by atoms with Crippen molar-refractivity contribution in [2.24, 2.45) is 0 Å². The maximum atomic E-state index is 13.0. The first kappa shape index (κ1) is 14.6. The second kappa shape index (κ2) is 7.07. The molecular weight excluding hydrogens is 260 g/mol. The van der Waals surface area contributed by atoms with Gasteiger partial charge in [-0.1, -0.05) is 49.9 Å². The molecule has 0 aliphatic rings. The molecule has 96 valence electrons. The van der Waals surface area contributed by atoms with Crippen LogP contribution >= 0.6 is 23.2 Å². The highest BCUT2D eigenvalue weighted by Gasteiger charge is 2.13. The van der Waals surface area contributed by atoms with E-state index in [9.17, 15) is 4.39 Å². The number of anilines is 1. The Bertz CT molecular complexity index is 339. The van der Waals surface area contributed by atoms with Crippen LogP contribution in [0.15, 0.2) is 12.1 Å². The Morgan fingerprint density at radius 2 is 1.59 bits per heavy atom. The van der Waals surface area contributed by atoms with Gasteiger partial charge in [0.1, 0.15) is 5.82 Å². The molecule has 4 heteroatoms. The number of benzene rings is 1. The largest absolute Gasteiger partial charge is 0.380 e. The van der Waals surface area contributed by atoms with Gasteiger partial charge >= 0.3 is 0 Å². The lowest BCUT2D eigenvalue weighted by atomic mass is 10.1. The second-order valence-electron chi connectivity index (χ2n) is 4.16. The summed E-state index contributed by atoms with van der Waals surface area (Å²) in [6.07, 6.45) is 4.29. The van der Waals surface area contributed by atoms with E-state index in [2.05, 4.69) is 19.2 Å². The first-order valence-corrected chi connectivity index (χ1v) is 6.75. The molecule has 0 heterocycles. The summed E-state index contributed by atoms with van der Waals surface area (Å²) in [5.74, 6) is -0.409. The van der Waals surface area contributed by atoms with Gasteiger partial charge < -0.3 is 5.32 Å². The minimum Gasteiger partial charge on any atom is -0.380 e. The van der Waals surface area contributed by atoms with Crippen LogP contribution in [0.2, 0.25) is 10.0 Å². The Morgan fingerprint density at radius 1 is 1.12 bits per heavy atom. The third kappa shape index (κ3) is 4.36. The highest BCUT2D eigenvalue weighted by Crippen LogP contribution is 2.32. The summed E-state index contributed by atoms with van der Waals surface area (Å²) in [7, 11) is 0. The van der Waals surface area contributed by atoms with Crippen molar-refractivity contribution in [3.05, 3.63) is 28.0 Å². The Balaban J connectivity index is 2.84. The Labute approximate surface area is 112 Å². The van der Waals surface area contributed by atoms with Gasteiger partial charge in [0, 0.05) is 6.04 Å². The zero-order valence-electron chi connectivity index (χ0n) is 10.2. The highest BCUT2D eigenvalue weighted by molar-refractivity contribution is 6.39. The minimum absolute atomic E-state index is 0.338. The molecule has 0 fully saturated rings. The van der Waals surface area contributed by atoms with Crippen molar-refractivity contribution in [2.45, 2.75) is 45.6 Å². The van der Waals surface area contributed by atoms with Crippen LogP contribution in [-0.4, -0.2) is 6.04 Å². The summed E-state index contributed by atoms with van der Waals surface area (Å²) < 4.78 is 13.0. The van der Waals surface area contributed by atoms with Gasteiger partial charge in [0.2, 0.25) is 0 Å². The molecule has 0 saturated heterocycles. The van der Waals surface area contributed by atoms with E-state index in [1.807, 2.05) is 0 Å². The van der Waals surface area contributed by atoms with Crippen molar-refractivity contribution < 1.29 is 4.39 Å². The van der Waals surface area contributed by atoms with E-state index in [-0.39, 0.29) is 0 Å². The topological polar surface area (TPSA) is 12.0 Å². The third-order valence-electron chi connectivity index (χ3n) is 2.63. The van der Waals surface area contributed by atoms with E-state index in [0.717, 1.165) is 25.7 Å². The maximum Gasteiger partial charge on any atom is 0.126 e. The van der Waals surface area contributed by atoms with Crippen molar-refractivity contribution in [3.8, 4) is 0 Å². The summed E-state index contributed by atoms with van der Waals surface area (Å²) in [5, 5.41) is 3.99. The van der Waals surface area contributed by atoms with Gasteiger partial charge in [-0.15, -0.1) is 0 Å². The molecule has 17 heavy (non-hydrogen) atoms. The van der Waals surface area contributed by atoms with Crippen LogP contribution in [0, 0.1) is 5.82 Å². The lowest BCUT2D eigenvalue weighted by Gasteiger charge is -2.20. The average molecular weight is 278 g/mol. The van der Waals surface area contributed by atoms with E-state index in [1.54, 1.807) is 0 Å². The number of hydrogen-bond acceptors (Lipinski definition) is 1. The predicted octanol–water partition coefficient (Wildman–Crippen LogP) is 5.51. The van der Waals surface area contributed by atoms with Crippen LogP contribution < -0.4 is 5.32 Å². The molecule has 1 rings (SSSR count). The fourth-order valence-electron chi connectivity index (χ4n) is 1.87. The fourth-order valence-corrected chi connectivity index (χ4v) is 2.44. The predicted molar refractivity (Wildman–Crippen MR) is 73.6 cm³/mol. The third-order valence-corrected chi connectivity index (χ3v) is 3.23. The van der Waals surface area contributed by atoms with Gasteiger partial charge in [-0.05, 0) is 25.0 Å². The van der Waals surface area contributed by atoms with Crippen molar-refractivity contribution in [3.63, 3.8) is 0 Å². The zero-order valence-corrected chi connectivity index (χ0v) is 11.7. The summed E-state index contributed by atoms with van der Waals surface area (Å²) >= 11 is 12.0. The Kier molecular flexibility index (Phi) is 6.07. The zero-order chi connectivity index (χ0) is 12.8. The van der Waals surface area contributed by atoms with E-state index in [0.29, 0.717) is 21.8 Å². The maximum absolute atomic E-state index is 13.0. The van der Waals surface area contributed by atoms with Crippen LogP contribution in [0.5, 0.6) is 0 Å². The van der Waals surface area contributed by atoms with E-state index >= 15 is 0 Å². The van der Waals surface area contributed by atoms with Gasteiger partial charge in [-0.2, -0.15) is 0 Å². The fraction of sp³-hybridized carbons (Fsp3) is 0.538. The molecule has 0 aliphatic heterocycles. The first-order valence-electron chi connectivity index (χ1n) is 5.99. The summed E-state index contributed by atoms with van der Waals surface area (Å²) in [4.78, 5) is 0. The van der Waals surface area contributed by atoms with Gasteiger partial charge in [0.25, 0.3) is 0 Å². The van der Waals surface area contributed by atoms with Crippen molar-refractivity contribution >= 4 is 28.9 Å². The Morgan fingerprint density at radius 3 is 2.00 bits per heavy atom. The number of hydrogen-bond donors (Lipinski definition) is 1. The standard InChI is InChI=1S/C13H18Cl2FN/c1-3-5-10(6-4-2)17-13-11(14)7-9(16)8-12(13)15/h7-8,10,17H,3-6H2,1-2H3. The quantitative estimate of drug-likeness (QED) is 0.723. The SMILES string of the molecule is CCCC(CCC)Nc1c(Cl)cc(F)cc1Cl. The van der Waals surface area contributed by atoms with Gasteiger partial charge in [0.05, 0.1) is 15.7 Å². The molecule has 0 radical (unpaired) electrons. The van der Waals surface area contributed by atoms with Crippen LogP contribution in [0.1, 0.15) is 39.5 Å². The molecule has 0 spiro atoms. The van der Waals surface area contributed by atoms with E-state index < -0.39 is 5.82 Å². The molecule has 1 aromatic carbocycles. The molecule has 0 aromatic heterocycles. The monoisotopic (exact) mass is 277 g/mol. The van der Waals surface area contributed by atoms with Crippen LogP contribution in [0.25, 0.3) is 0 Å². The molecule has 0 saturated carbocycles. The smallest absolute Gasteiger partial charge is 0.126 e. The van der Waals surface area contributed by atoms with E-state index in [1.165, 1.54) is 12.1 Å². The lowest BCUT2D eigenvalue weighted by molar-refractivity contribution is 0.585. The summed E-state index contributed by atoms with van der Waals surface area (Å²) in [5.41, 5.74) is 0.640. The van der Waals surface area contributed by atoms with Crippen LogP contribution in [0.3, 0.4) is 0 Å². The van der Waals surface area contributed by atoms with Crippen molar-refractivity contribution in [1.82, 2.24) is 0 Å². The molecule has 1 nitrogen and oxygen atoms in total. The molecule has 0 bridgehead atoms. The average Bonchev–Trinajstić information content (AvgIpc) is 2.23. The van der Waals surface area contributed by atoms with E-state index in [4.69, 9.17) is 23.2 Å². The Hall–Kier alpha value is -0.470. The van der Waals surface area contributed by atoms with Crippen LogP contribution in [-0.2, 0) is 0 Å². The van der Waals surface area contributed by atoms with Gasteiger partial charge in [-0.3, -0.25) is 0 Å².